The maximum absolute atomic E-state index is 15.6. The number of anilines is 2. The van der Waals surface area contributed by atoms with Gasteiger partial charge in [-0.25, -0.2) is 9.18 Å². The molecule has 0 amide bonds. The van der Waals surface area contributed by atoms with Crippen molar-refractivity contribution >= 4 is 28.2 Å². The van der Waals surface area contributed by atoms with E-state index in [1.54, 1.807) is 4.57 Å². The second-order valence-corrected chi connectivity index (χ2v) is 8.59. The zero-order valence-corrected chi connectivity index (χ0v) is 17.3. The fraction of sp³-hybridized carbons (Fsp3) is 0.524. The molecular formula is C21H27FN4O4. The summed E-state index contributed by atoms with van der Waals surface area (Å²) in [5.41, 5.74) is 11.3. The van der Waals surface area contributed by atoms with Crippen molar-refractivity contribution in [3.05, 3.63) is 27.8 Å². The fourth-order valence-electron chi connectivity index (χ4n) is 4.59. The molecule has 2 fully saturated rings. The number of ether oxygens (including phenoxy) is 1. The predicted molar refractivity (Wildman–Crippen MR) is 113 cm³/mol. The molecule has 0 spiro atoms. The number of carbonyl (C=O) groups is 1. The van der Waals surface area contributed by atoms with E-state index in [4.69, 9.17) is 16.2 Å². The maximum atomic E-state index is 15.6. The molecule has 1 saturated heterocycles. The number of pyridine rings is 1. The topological polar surface area (TPSA) is 124 Å². The Balaban J connectivity index is 2.06. The predicted octanol–water partition coefficient (Wildman–Crippen LogP) is 2.18. The van der Waals surface area contributed by atoms with Crippen LogP contribution >= 0.6 is 0 Å². The van der Waals surface area contributed by atoms with Crippen LogP contribution in [-0.2, 0) is 0 Å². The number of carboxylic acid groups (broad SMARTS) is 1. The van der Waals surface area contributed by atoms with E-state index >= 15 is 4.39 Å². The summed E-state index contributed by atoms with van der Waals surface area (Å²) in [5, 5.41) is 9.34. The van der Waals surface area contributed by atoms with Crippen LogP contribution in [0.2, 0.25) is 0 Å². The zero-order valence-electron chi connectivity index (χ0n) is 17.3. The minimum absolute atomic E-state index is 0.00382. The molecule has 5 N–H and O–H groups in total. The number of fused-ring (bicyclic) bond motifs is 1. The summed E-state index contributed by atoms with van der Waals surface area (Å²) in [4.78, 5) is 26.4. The number of hydrogen-bond acceptors (Lipinski definition) is 6. The molecule has 1 aliphatic carbocycles. The van der Waals surface area contributed by atoms with Gasteiger partial charge >= 0.3 is 5.97 Å². The number of aromatic carboxylic acids is 1. The first-order valence-corrected chi connectivity index (χ1v) is 10.1. The summed E-state index contributed by atoms with van der Waals surface area (Å²) in [6.45, 7) is 5.07. The van der Waals surface area contributed by atoms with Gasteiger partial charge in [0.25, 0.3) is 0 Å². The van der Waals surface area contributed by atoms with Crippen LogP contribution in [-0.4, -0.2) is 41.9 Å². The van der Waals surface area contributed by atoms with E-state index < -0.39 is 22.8 Å². The van der Waals surface area contributed by atoms with Gasteiger partial charge in [-0.1, -0.05) is 13.8 Å². The van der Waals surface area contributed by atoms with Crippen molar-refractivity contribution in [2.24, 2.45) is 17.6 Å². The molecule has 0 bridgehead atoms. The average Bonchev–Trinajstić information content (AvgIpc) is 3.53. The number of hydrogen-bond donors (Lipinski definition) is 3. The molecular weight excluding hydrogens is 391 g/mol. The molecule has 2 aliphatic rings. The van der Waals surface area contributed by atoms with Crippen molar-refractivity contribution in [1.29, 1.82) is 0 Å². The summed E-state index contributed by atoms with van der Waals surface area (Å²) in [6.07, 6.45) is 2.99. The minimum atomic E-state index is -1.37. The smallest absolute Gasteiger partial charge is 0.341 e. The van der Waals surface area contributed by atoms with Crippen LogP contribution in [0.25, 0.3) is 10.9 Å². The van der Waals surface area contributed by atoms with E-state index in [2.05, 4.69) is 0 Å². The molecule has 1 aliphatic heterocycles. The molecule has 0 radical (unpaired) electrons. The minimum Gasteiger partial charge on any atom is -0.492 e. The highest BCUT2D eigenvalue weighted by atomic mass is 19.1. The Kier molecular flexibility index (Phi) is 4.88. The fourth-order valence-corrected chi connectivity index (χ4v) is 4.59. The lowest BCUT2D eigenvalue weighted by Gasteiger charge is -2.41. The Bertz CT molecular complexity index is 1080. The Morgan fingerprint density at radius 3 is 2.37 bits per heavy atom. The highest BCUT2D eigenvalue weighted by Crippen LogP contribution is 2.46. The molecule has 3 atom stereocenters. The van der Waals surface area contributed by atoms with E-state index in [9.17, 15) is 14.7 Å². The summed E-state index contributed by atoms with van der Waals surface area (Å²) in [5.74, 6) is -1.69. The molecule has 2 aromatic rings. The number of nitrogens with two attached hydrogens (primary N) is 2. The first-order valence-electron chi connectivity index (χ1n) is 10.1. The first kappa shape index (κ1) is 20.5. The van der Waals surface area contributed by atoms with Crippen LogP contribution in [0.5, 0.6) is 5.75 Å². The number of aromatic nitrogens is 1. The van der Waals surface area contributed by atoms with Gasteiger partial charge in [0, 0.05) is 31.4 Å². The van der Waals surface area contributed by atoms with Crippen LogP contribution in [0, 0.1) is 17.7 Å². The van der Waals surface area contributed by atoms with Crippen LogP contribution in [0.1, 0.15) is 43.1 Å². The zero-order chi connectivity index (χ0) is 21.9. The first-order chi connectivity index (χ1) is 14.2. The number of nitrogens with zero attached hydrogens (tertiary/aromatic N) is 2. The normalized spacial score (nSPS) is 24.3. The lowest BCUT2D eigenvalue weighted by molar-refractivity contribution is 0.0695. The molecule has 9 heteroatoms. The number of piperidine rings is 1. The van der Waals surface area contributed by atoms with Gasteiger partial charge in [0.1, 0.15) is 11.3 Å². The van der Waals surface area contributed by atoms with E-state index in [0.717, 1.165) is 12.8 Å². The third kappa shape index (κ3) is 2.99. The highest BCUT2D eigenvalue weighted by Gasteiger charge is 2.36. The Hall–Kier alpha value is -2.81. The van der Waals surface area contributed by atoms with E-state index in [0.29, 0.717) is 18.6 Å². The van der Waals surface area contributed by atoms with Crippen molar-refractivity contribution in [3.8, 4) is 5.75 Å². The summed E-state index contributed by atoms with van der Waals surface area (Å²) in [6, 6.07) is 0.0151. The molecule has 162 valence electrons. The van der Waals surface area contributed by atoms with Gasteiger partial charge in [-0.2, -0.15) is 0 Å². The molecule has 4 rings (SSSR count). The summed E-state index contributed by atoms with van der Waals surface area (Å²) < 4.78 is 23.0. The van der Waals surface area contributed by atoms with Crippen molar-refractivity contribution in [1.82, 2.24) is 4.57 Å². The van der Waals surface area contributed by atoms with Gasteiger partial charge in [0.15, 0.2) is 11.6 Å². The van der Waals surface area contributed by atoms with Crippen molar-refractivity contribution < 1.29 is 19.0 Å². The van der Waals surface area contributed by atoms with Crippen molar-refractivity contribution in [2.45, 2.75) is 38.8 Å². The Morgan fingerprint density at radius 2 is 1.87 bits per heavy atom. The molecule has 30 heavy (non-hydrogen) atoms. The Morgan fingerprint density at radius 1 is 1.27 bits per heavy atom. The van der Waals surface area contributed by atoms with Gasteiger partial charge in [0.05, 0.1) is 23.7 Å². The summed E-state index contributed by atoms with van der Waals surface area (Å²) >= 11 is 0. The molecule has 1 saturated carbocycles. The van der Waals surface area contributed by atoms with Crippen molar-refractivity contribution in [3.63, 3.8) is 0 Å². The lowest BCUT2D eigenvalue weighted by atomic mass is 9.86. The monoisotopic (exact) mass is 418 g/mol. The van der Waals surface area contributed by atoms with Gasteiger partial charge in [-0.15, -0.1) is 0 Å². The van der Waals surface area contributed by atoms with E-state index in [-0.39, 0.29) is 46.4 Å². The highest BCUT2D eigenvalue weighted by molar-refractivity contribution is 6.03. The van der Waals surface area contributed by atoms with Crippen LogP contribution in [0.4, 0.5) is 15.8 Å². The Labute approximate surface area is 173 Å². The number of nitrogen functional groups attached to an aromatic ring is 1. The van der Waals surface area contributed by atoms with Crippen molar-refractivity contribution in [2.75, 3.05) is 30.8 Å². The second kappa shape index (κ2) is 7.16. The van der Waals surface area contributed by atoms with Gasteiger partial charge in [-0.05, 0) is 24.7 Å². The number of benzene rings is 1. The largest absolute Gasteiger partial charge is 0.492 e. The molecule has 8 nitrogen and oxygen atoms in total. The standard InChI is InChI=1S/C21H27FN4O4/c1-9-6-25(7-10(2)15(9)23)18-14(22)16(24)13-17(20(18)30-3)26(11-4-5-11)8-12(19(13)27)21(28)29/h8-11,15H,4-7,23-24H2,1-3H3,(H,28,29)/t9-,10+,15?. The summed E-state index contributed by atoms with van der Waals surface area (Å²) in [7, 11) is 1.42. The molecule has 1 unspecified atom stereocenters. The molecule has 2 heterocycles. The number of carboxylic acids is 1. The third-order valence-corrected chi connectivity index (χ3v) is 6.40. The van der Waals surface area contributed by atoms with Crippen LogP contribution < -0.4 is 26.5 Å². The van der Waals surface area contributed by atoms with Crippen LogP contribution in [0.3, 0.4) is 0 Å². The maximum Gasteiger partial charge on any atom is 0.341 e. The third-order valence-electron chi connectivity index (χ3n) is 6.40. The second-order valence-electron chi connectivity index (χ2n) is 8.59. The van der Waals surface area contributed by atoms with Gasteiger partial charge in [-0.3, -0.25) is 4.79 Å². The SMILES string of the molecule is COc1c(N2C[C@@H](C)C(N)[C@@H](C)C2)c(F)c(N)c2c(=O)c(C(=O)O)cn(C3CC3)c12. The van der Waals surface area contributed by atoms with E-state index in [1.807, 2.05) is 18.7 Å². The quantitative estimate of drug-likeness (QED) is 0.650. The molecule has 1 aromatic heterocycles. The lowest BCUT2D eigenvalue weighted by Crippen LogP contribution is -2.51. The van der Waals surface area contributed by atoms with Gasteiger partial charge < -0.3 is 30.8 Å². The van der Waals surface area contributed by atoms with Crippen LogP contribution in [0.15, 0.2) is 11.0 Å². The number of rotatable bonds is 4. The molecule has 1 aromatic carbocycles. The number of methoxy groups -OCH3 is 1. The van der Waals surface area contributed by atoms with E-state index in [1.165, 1.54) is 13.3 Å². The average molecular weight is 418 g/mol. The van der Waals surface area contributed by atoms with Gasteiger partial charge in [0.2, 0.25) is 5.43 Å². The number of halogens is 1.